The number of carboxylic acid groups (broad SMARTS) is 1. The van der Waals surface area contributed by atoms with Gasteiger partial charge in [0, 0.05) is 6.42 Å². The van der Waals surface area contributed by atoms with Gasteiger partial charge in [0.1, 0.15) is 6.04 Å². The molecule has 1 atom stereocenters. The van der Waals surface area contributed by atoms with Crippen LogP contribution in [0.2, 0.25) is 0 Å². The Bertz CT molecular complexity index is 635. The van der Waals surface area contributed by atoms with Gasteiger partial charge < -0.3 is 10.4 Å². The van der Waals surface area contributed by atoms with E-state index in [1.165, 1.54) is 5.56 Å². The van der Waals surface area contributed by atoms with Crippen LogP contribution in [0.25, 0.3) is 11.1 Å². The zero-order valence-corrected chi connectivity index (χ0v) is 11.7. The molecule has 0 saturated carbocycles. The van der Waals surface area contributed by atoms with E-state index in [9.17, 15) is 9.59 Å². The average Bonchev–Trinajstić information content (AvgIpc) is 2.48. The standard InChI is InChI=1S/C17H17NO3/c1-12-4-2-3-5-15(12)14-8-6-13(7-9-14)10-16(17(20)21)18-11-19/h2-9,11,16H,10H2,1H3,(H,18,19)(H,20,21)/t16-/m0/s1. The number of aryl methyl sites for hydroxylation is 1. The van der Waals surface area contributed by atoms with E-state index in [2.05, 4.69) is 24.4 Å². The summed E-state index contributed by atoms with van der Waals surface area (Å²) in [5.74, 6) is -1.04. The Morgan fingerprint density at radius 3 is 2.43 bits per heavy atom. The van der Waals surface area contributed by atoms with Gasteiger partial charge in [-0.05, 0) is 29.2 Å². The minimum atomic E-state index is -1.04. The summed E-state index contributed by atoms with van der Waals surface area (Å²) in [7, 11) is 0. The highest BCUT2D eigenvalue weighted by Gasteiger charge is 2.16. The number of carbonyl (C=O) groups is 2. The van der Waals surface area contributed by atoms with Gasteiger partial charge in [0.15, 0.2) is 0 Å². The van der Waals surface area contributed by atoms with Crippen LogP contribution in [-0.4, -0.2) is 23.5 Å². The maximum absolute atomic E-state index is 11.0. The summed E-state index contributed by atoms with van der Waals surface area (Å²) in [6.45, 7) is 2.05. The Balaban J connectivity index is 2.17. The number of aliphatic carboxylic acids is 1. The maximum Gasteiger partial charge on any atom is 0.326 e. The first-order valence-corrected chi connectivity index (χ1v) is 6.69. The molecule has 108 valence electrons. The number of benzene rings is 2. The van der Waals surface area contributed by atoms with Crippen molar-refractivity contribution in [3.05, 3.63) is 59.7 Å². The Morgan fingerprint density at radius 1 is 1.19 bits per heavy atom. The molecule has 2 rings (SSSR count). The fourth-order valence-corrected chi connectivity index (χ4v) is 2.25. The first-order chi connectivity index (χ1) is 10.1. The van der Waals surface area contributed by atoms with Gasteiger partial charge in [-0.3, -0.25) is 4.79 Å². The van der Waals surface area contributed by atoms with Crippen molar-refractivity contribution in [2.24, 2.45) is 0 Å². The molecule has 0 aliphatic carbocycles. The molecule has 21 heavy (non-hydrogen) atoms. The molecule has 2 aromatic rings. The lowest BCUT2D eigenvalue weighted by Crippen LogP contribution is -2.37. The molecular formula is C17H17NO3. The molecule has 0 heterocycles. The molecule has 0 unspecified atom stereocenters. The van der Waals surface area contributed by atoms with E-state index in [0.717, 1.165) is 16.7 Å². The number of hydrogen-bond donors (Lipinski definition) is 2. The highest BCUT2D eigenvalue weighted by atomic mass is 16.4. The second-order valence-electron chi connectivity index (χ2n) is 4.89. The summed E-state index contributed by atoms with van der Waals surface area (Å²) in [5, 5.41) is 11.3. The number of rotatable bonds is 6. The Morgan fingerprint density at radius 2 is 1.86 bits per heavy atom. The first-order valence-electron chi connectivity index (χ1n) is 6.69. The van der Waals surface area contributed by atoms with Gasteiger partial charge in [-0.25, -0.2) is 4.79 Å². The third-order valence-corrected chi connectivity index (χ3v) is 3.42. The Kier molecular flexibility index (Phi) is 4.72. The number of nitrogens with one attached hydrogen (secondary N) is 1. The van der Waals surface area contributed by atoms with Crippen molar-refractivity contribution < 1.29 is 14.7 Å². The lowest BCUT2D eigenvalue weighted by atomic mass is 9.98. The van der Waals surface area contributed by atoms with Crippen molar-refractivity contribution in [2.75, 3.05) is 0 Å². The van der Waals surface area contributed by atoms with Gasteiger partial charge in [0.25, 0.3) is 0 Å². The van der Waals surface area contributed by atoms with Crippen molar-refractivity contribution >= 4 is 12.4 Å². The maximum atomic E-state index is 11.0. The number of hydrogen-bond acceptors (Lipinski definition) is 2. The second kappa shape index (κ2) is 6.70. The number of carbonyl (C=O) groups excluding carboxylic acids is 1. The highest BCUT2D eigenvalue weighted by Crippen LogP contribution is 2.23. The Labute approximate surface area is 123 Å². The van der Waals surface area contributed by atoms with Gasteiger partial charge in [0.05, 0.1) is 0 Å². The normalized spacial score (nSPS) is 11.7. The lowest BCUT2D eigenvalue weighted by Gasteiger charge is -2.12. The third-order valence-electron chi connectivity index (χ3n) is 3.42. The molecule has 0 fully saturated rings. The van der Waals surface area contributed by atoms with Crippen molar-refractivity contribution in [2.45, 2.75) is 19.4 Å². The summed E-state index contributed by atoms with van der Waals surface area (Å²) in [6.07, 6.45) is 0.683. The summed E-state index contributed by atoms with van der Waals surface area (Å²) in [5.41, 5.74) is 4.31. The van der Waals surface area contributed by atoms with Gasteiger partial charge in [-0.2, -0.15) is 0 Å². The van der Waals surface area contributed by atoms with E-state index in [1.807, 2.05) is 36.4 Å². The van der Waals surface area contributed by atoms with Crippen LogP contribution in [0, 0.1) is 6.92 Å². The topological polar surface area (TPSA) is 66.4 Å². The van der Waals surface area contributed by atoms with Crippen LogP contribution in [0.4, 0.5) is 0 Å². The predicted molar refractivity (Wildman–Crippen MR) is 80.9 cm³/mol. The molecule has 0 aliphatic rings. The van der Waals surface area contributed by atoms with Crippen molar-refractivity contribution in [1.29, 1.82) is 0 Å². The van der Waals surface area contributed by atoms with Crippen LogP contribution >= 0.6 is 0 Å². The summed E-state index contributed by atoms with van der Waals surface area (Å²) < 4.78 is 0. The smallest absolute Gasteiger partial charge is 0.326 e. The zero-order valence-electron chi connectivity index (χ0n) is 11.7. The highest BCUT2D eigenvalue weighted by molar-refractivity contribution is 5.76. The van der Waals surface area contributed by atoms with Gasteiger partial charge >= 0.3 is 5.97 Å². The van der Waals surface area contributed by atoms with E-state index < -0.39 is 12.0 Å². The summed E-state index contributed by atoms with van der Waals surface area (Å²) >= 11 is 0. The molecule has 2 N–H and O–H groups in total. The predicted octanol–water partition coefficient (Wildman–Crippen LogP) is 2.40. The molecule has 0 saturated heterocycles. The van der Waals surface area contributed by atoms with Crippen LogP contribution in [0.5, 0.6) is 0 Å². The van der Waals surface area contributed by atoms with Gasteiger partial charge in [-0.1, -0.05) is 48.5 Å². The van der Waals surface area contributed by atoms with Crippen molar-refractivity contribution in [3.63, 3.8) is 0 Å². The van der Waals surface area contributed by atoms with Crippen LogP contribution < -0.4 is 5.32 Å². The van der Waals surface area contributed by atoms with Crippen molar-refractivity contribution in [1.82, 2.24) is 5.32 Å². The quantitative estimate of drug-likeness (QED) is 0.800. The molecule has 0 aromatic heterocycles. The SMILES string of the molecule is Cc1ccccc1-c1ccc(C[C@H](NC=O)C(=O)O)cc1. The average molecular weight is 283 g/mol. The molecular weight excluding hydrogens is 266 g/mol. The monoisotopic (exact) mass is 283 g/mol. The third kappa shape index (κ3) is 3.69. The largest absolute Gasteiger partial charge is 0.480 e. The fourth-order valence-electron chi connectivity index (χ4n) is 2.25. The van der Waals surface area contributed by atoms with E-state index in [4.69, 9.17) is 5.11 Å². The lowest BCUT2D eigenvalue weighted by molar-refractivity contribution is -0.140. The van der Waals surface area contributed by atoms with Crippen LogP contribution in [0.3, 0.4) is 0 Å². The number of carboxylic acids is 1. The van der Waals surface area contributed by atoms with Crippen molar-refractivity contribution in [3.8, 4) is 11.1 Å². The summed E-state index contributed by atoms with van der Waals surface area (Å²) in [4.78, 5) is 21.4. The molecule has 0 radical (unpaired) electrons. The van der Waals surface area contributed by atoms with Crippen LogP contribution in [0.1, 0.15) is 11.1 Å². The van der Waals surface area contributed by atoms with Gasteiger partial charge in [0.2, 0.25) is 6.41 Å². The molecule has 1 amide bonds. The zero-order chi connectivity index (χ0) is 15.2. The van der Waals surface area contributed by atoms with E-state index >= 15 is 0 Å². The summed E-state index contributed by atoms with van der Waals surface area (Å²) in [6, 6.07) is 14.9. The van der Waals surface area contributed by atoms with Crippen LogP contribution in [-0.2, 0) is 16.0 Å². The molecule has 4 heteroatoms. The molecule has 0 aliphatic heterocycles. The van der Waals surface area contributed by atoms with E-state index in [1.54, 1.807) is 0 Å². The van der Waals surface area contributed by atoms with E-state index in [0.29, 0.717) is 6.41 Å². The molecule has 0 spiro atoms. The first kappa shape index (κ1) is 14.8. The van der Waals surface area contributed by atoms with Crippen LogP contribution in [0.15, 0.2) is 48.5 Å². The fraction of sp³-hybridized carbons (Fsp3) is 0.176. The van der Waals surface area contributed by atoms with E-state index in [-0.39, 0.29) is 6.42 Å². The molecule has 4 nitrogen and oxygen atoms in total. The Hall–Kier alpha value is -2.62. The second-order valence-corrected chi connectivity index (χ2v) is 4.89. The number of amides is 1. The molecule has 0 bridgehead atoms. The minimum Gasteiger partial charge on any atom is -0.480 e. The minimum absolute atomic E-state index is 0.266. The van der Waals surface area contributed by atoms with Gasteiger partial charge in [-0.15, -0.1) is 0 Å². The molecule has 2 aromatic carbocycles.